The monoisotopic (exact) mass is 382 g/mol. The fraction of sp³-hybridized carbons (Fsp3) is 0.400. The zero-order valence-electron chi connectivity index (χ0n) is 15.7. The van der Waals surface area contributed by atoms with Crippen molar-refractivity contribution >= 4 is 11.8 Å². The number of hydrogen-bond donors (Lipinski definition) is 1. The Bertz CT molecular complexity index is 941. The first kappa shape index (κ1) is 18.2. The zero-order valence-corrected chi connectivity index (χ0v) is 15.7. The Labute approximate surface area is 162 Å². The zero-order chi connectivity index (χ0) is 19.7. The first-order chi connectivity index (χ1) is 13.6. The molecular formula is C20H22N4O4. The largest absolute Gasteiger partial charge is 0.497 e. The van der Waals surface area contributed by atoms with Crippen LogP contribution in [0, 0.1) is 0 Å². The third kappa shape index (κ3) is 3.62. The maximum Gasteiger partial charge on any atom is 0.263 e. The van der Waals surface area contributed by atoms with Gasteiger partial charge < -0.3 is 19.5 Å². The third-order valence-electron chi connectivity index (χ3n) is 5.20. The number of nitrogens with one attached hydrogen (secondary N) is 1. The Morgan fingerprint density at radius 3 is 2.18 bits per heavy atom. The molecular weight excluding hydrogens is 360 g/mol. The number of carbonyl (C=O) groups excluding carboxylic acids is 2. The van der Waals surface area contributed by atoms with Crippen molar-refractivity contribution in [2.75, 3.05) is 33.3 Å². The highest BCUT2D eigenvalue weighted by Crippen LogP contribution is 2.37. The number of ether oxygens (including phenoxy) is 1. The molecule has 1 saturated heterocycles. The molecule has 146 valence electrons. The molecule has 1 saturated carbocycles. The smallest absolute Gasteiger partial charge is 0.263 e. The SMILES string of the molecule is COc1ccc(C(=O)N2CCN(C(=O)c3cnc(C4CC4)[nH]c3=O)CC2)cc1. The molecule has 28 heavy (non-hydrogen) atoms. The van der Waals surface area contributed by atoms with Gasteiger partial charge in [0.15, 0.2) is 0 Å². The molecule has 1 aliphatic carbocycles. The maximum atomic E-state index is 12.7. The minimum atomic E-state index is -0.390. The van der Waals surface area contributed by atoms with Gasteiger partial charge in [-0.25, -0.2) is 4.98 Å². The van der Waals surface area contributed by atoms with Crippen LogP contribution in [0.25, 0.3) is 0 Å². The molecule has 1 aromatic heterocycles. The van der Waals surface area contributed by atoms with Gasteiger partial charge in [0, 0.05) is 43.9 Å². The Morgan fingerprint density at radius 2 is 1.64 bits per heavy atom. The van der Waals surface area contributed by atoms with E-state index < -0.39 is 5.56 Å². The van der Waals surface area contributed by atoms with Crippen LogP contribution in [0.1, 0.15) is 45.3 Å². The molecule has 0 unspecified atom stereocenters. The summed E-state index contributed by atoms with van der Waals surface area (Å²) in [4.78, 5) is 47.8. The summed E-state index contributed by atoms with van der Waals surface area (Å²) < 4.78 is 5.11. The van der Waals surface area contributed by atoms with E-state index >= 15 is 0 Å². The number of rotatable bonds is 4. The summed E-state index contributed by atoms with van der Waals surface area (Å²) in [5.74, 6) is 1.26. The third-order valence-corrected chi connectivity index (χ3v) is 5.20. The van der Waals surface area contributed by atoms with Crippen LogP contribution >= 0.6 is 0 Å². The summed E-state index contributed by atoms with van der Waals surface area (Å²) in [6.07, 6.45) is 3.44. The van der Waals surface area contributed by atoms with E-state index in [1.54, 1.807) is 41.2 Å². The Hall–Kier alpha value is -3.16. The summed E-state index contributed by atoms with van der Waals surface area (Å²) in [7, 11) is 1.58. The number of amides is 2. The predicted molar refractivity (Wildman–Crippen MR) is 102 cm³/mol. The molecule has 8 heteroatoms. The molecule has 0 radical (unpaired) electrons. The van der Waals surface area contributed by atoms with Crippen molar-refractivity contribution in [1.82, 2.24) is 19.8 Å². The average Bonchev–Trinajstić information content (AvgIpc) is 3.58. The average molecular weight is 382 g/mol. The minimum Gasteiger partial charge on any atom is -0.497 e. The lowest BCUT2D eigenvalue weighted by Gasteiger charge is -2.34. The molecule has 2 amide bonds. The van der Waals surface area contributed by atoms with Crippen LogP contribution in [0.3, 0.4) is 0 Å². The van der Waals surface area contributed by atoms with Crippen LogP contribution in [-0.4, -0.2) is 64.9 Å². The van der Waals surface area contributed by atoms with E-state index in [9.17, 15) is 14.4 Å². The molecule has 1 aliphatic heterocycles. The number of carbonyl (C=O) groups is 2. The molecule has 8 nitrogen and oxygen atoms in total. The van der Waals surface area contributed by atoms with Crippen LogP contribution < -0.4 is 10.3 Å². The number of methoxy groups -OCH3 is 1. The van der Waals surface area contributed by atoms with Gasteiger partial charge in [-0.3, -0.25) is 14.4 Å². The van der Waals surface area contributed by atoms with Crippen molar-refractivity contribution in [3.05, 3.63) is 57.8 Å². The molecule has 0 bridgehead atoms. The van der Waals surface area contributed by atoms with Gasteiger partial charge in [0.25, 0.3) is 17.4 Å². The van der Waals surface area contributed by atoms with Crippen LogP contribution in [0.4, 0.5) is 0 Å². The first-order valence-electron chi connectivity index (χ1n) is 9.38. The second kappa shape index (κ2) is 7.46. The van der Waals surface area contributed by atoms with Gasteiger partial charge in [-0.1, -0.05) is 0 Å². The van der Waals surface area contributed by atoms with E-state index in [4.69, 9.17) is 4.74 Å². The van der Waals surface area contributed by atoms with Crippen LogP contribution in [-0.2, 0) is 0 Å². The number of benzene rings is 1. The lowest BCUT2D eigenvalue weighted by atomic mass is 10.1. The Morgan fingerprint density at radius 1 is 1.04 bits per heavy atom. The topological polar surface area (TPSA) is 95.6 Å². The van der Waals surface area contributed by atoms with Crippen molar-refractivity contribution in [3.8, 4) is 5.75 Å². The van der Waals surface area contributed by atoms with Crippen LogP contribution in [0.5, 0.6) is 5.75 Å². The molecule has 2 heterocycles. The first-order valence-corrected chi connectivity index (χ1v) is 9.38. The number of H-pyrrole nitrogens is 1. The van der Waals surface area contributed by atoms with Gasteiger partial charge in [0.1, 0.15) is 17.1 Å². The standard InChI is InChI=1S/C20H22N4O4/c1-28-15-6-4-14(5-7-15)19(26)23-8-10-24(11-9-23)20(27)16-12-21-17(13-2-3-13)22-18(16)25/h4-7,12-13H,2-3,8-11H2,1H3,(H,21,22,25). The van der Waals surface area contributed by atoms with Crippen molar-refractivity contribution in [2.45, 2.75) is 18.8 Å². The van der Waals surface area contributed by atoms with Gasteiger partial charge >= 0.3 is 0 Å². The van der Waals surface area contributed by atoms with Crippen molar-refractivity contribution in [1.29, 1.82) is 0 Å². The number of piperazine rings is 1. The van der Waals surface area contributed by atoms with Gasteiger partial charge in [-0.2, -0.15) is 0 Å². The second-order valence-corrected chi connectivity index (χ2v) is 7.10. The van der Waals surface area contributed by atoms with E-state index in [0.717, 1.165) is 12.8 Å². The van der Waals surface area contributed by atoms with Gasteiger partial charge in [-0.05, 0) is 37.1 Å². The number of nitrogens with zero attached hydrogens (tertiary/aromatic N) is 3. The number of aromatic amines is 1. The van der Waals surface area contributed by atoms with Crippen molar-refractivity contribution in [2.24, 2.45) is 0 Å². The summed E-state index contributed by atoms with van der Waals surface area (Å²) >= 11 is 0. The molecule has 4 rings (SSSR count). The lowest BCUT2D eigenvalue weighted by molar-refractivity contribution is 0.0534. The van der Waals surface area contributed by atoms with E-state index in [1.165, 1.54) is 6.20 Å². The molecule has 0 spiro atoms. The molecule has 2 aromatic rings. The summed E-state index contributed by atoms with van der Waals surface area (Å²) in [5, 5.41) is 0. The lowest BCUT2D eigenvalue weighted by Crippen LogP contribution is -2.51. The van der Waals surface area contributed by atoms with Crippen molar-refractivity contribution < 1.29 is 14.3 Å². The second-order valence-electron chi connectivity index (χ2n) is 7.10. The minimum absolute atomic E-state index is 0.0549. The highest BCUT2D eigenvalue weighted by Gasteiger charge is 2.29. The highest BCUT2D eigenvalue weighted by molar-refractivity contribution is 5.95. The quantitative estimate of drug-likeness (QED) is 0.859. The fourth-order valence-corrected chi connectivity index (χ4v) is 3.32. The van der Waals surface area contributed by atoms with E-state index in [0.29, 0.717) is 49.2 Å². The maximum absolute atomic E-state index is 12.7. The fourth-order valence-electron chi connectivity index (χ4n) is 3.32. The van der Waals surface area contributed by atoms with Gasteiger partial charge in [-0.15, -0.1) is 0 Å². The summed E-state index contributed by atoms with van der Waals surface area (Å²) in [5.41, 5.74) is 0.245. The van der Waals surface area contributed by atoms with Gasteiger partial charge in [0.05, 0.1) is 7.11 Å². The normalized spacial score (nSPS) is 16.8. The highest BCUT2D eigenvalue weighted by atomic mass is 16.5. The Balaban J connectivity index is 1.38. The van der Waals surface area contributed by atoms with Crippen LogP contribution in [0.15, 0.2) is 35.3 Å². The molecule has 2 aliphatic rings. The molecule has 1 N–H and O–H groups in total. The van der Waals surface area contributed by atoms with Gasteiger partial charge in [0.2, 0.25) is 0 Å². The van der Waals surface area contributed by atoms with E-state index in [-0.39, 0.29) is 17.4 Å². The molecule has 0 atom stereocenters. The van der Waals surface area contributed by atoms with E-state index in [2.05, 4.69) is 9.97 Å². The summed E-state index contributed by atoms with van der Waals surface area (Å²) in [6.45, 7) is 1.60. The number of hydrogen-bond acceptors (Lipinski definition) is 5. The number of aromatic nitrogens is 2. The van der Waals surface area contributed by atoms with Crippen molar-refractivity contribution in [3.63, 3.8) is 0 Å². The Kier molecular flexibility index (Phi) is 4.85. The molecule has 1 aromatic carbocycles. The van der Waals surface area contributed by atoms with Crippen LogP contribution in [0.2, 0.25) is 0 Å². The summed E-state index contributed by atoms with van der Waals surface area (Å²) in [6, 6.07) is 6.95. The van der Waals surface area contributed by atoms with E-state index in [1.807, 2.05) is 0 Å². The predicted octanol–water partition coefficient (Wildman–Crippen LogP) is 1.25. The molecule has 2 fully saturated rings.